The van der Waals surface area contributed by atoms with E-state index in [9.17, 15) is 13.6 Å². The van der Waals surface area contributed by atoms with Crippen molar-refractivity contribution in [2.24, 2.45) is 0 Å². The summed E-state index contributed by atoms with van der Waals surface area (Å²) >= 11 is 0. The minimum Gasteiger partial charge on any atom is -0.365 e. The van der Waals surface area contributed by atoms with Gasteiger partial charge in [0.2, 0.25) is 0 Å². The quantitative estimate of drug-likeness (QED) is 0.508. The van der Waals surface area contributed by atoms with Crippen molar-refractivity contribution in [1.29, 1.82) is 0 Å². The second-order valence-electron chi connectivity index (χ2n) is 8.50. The lowest BCUT2D eigenvalue weighted by molar-refractivity contribution is 0.0257. The fraction of sp³-hybridized carbons (Fsp3) is 0.261. The molecular weight excluding hydrogens is 433 g/mol. The highest BCUT2D eigenvalue weighted by molar-refractivity contribution is 6.10. The van der Waals surface area contributed by atoms with E-state index in [2.05, 4.69) is 15.2 Å². The number of carbonyl (C=O) groups excluding carboxylic acids is 1. The average Bonchev–Trinajstić information content (AvgIpc) is 3.53. The number of halogens is 3. The standard InChI is InChI=1S/C23H19F3N6O/c1-13-19-20(29-28-13)22(33)32(15-4-7-30-9-6-27-18(30)11-15)21(19)16-3-2-14(10-17(16)24)31-8-5-23(25,26)12-31/h2-4,6-7,9-11,21H,5,8,12H2,1H3,(H,28,29). The first-order chi connectivity index (χ1) is 15.8. The van der Waals surface area contributed by atoms with E-state index in [0.717, 1.165) is 0 Å². The van der Waals surface area contributed by atoms with Crippen LogP contribution in [0.5, 0.6) is 0 Å². The molecular formula is C23H19F3N6O. The fourth-order valence-corrected chi connectivity index (χ4v) is 4.80. The van der Waals surface area contributed by atoms with E-state index in [1.807, 2.05) is 4.40 Å². The van der Waals surface area contributed by atoms with E-state index < -0.39 is 24.3 Å². The van der Waals surface area contributed by atoms with Crippen LogP contribution in [0.1, 0.15) is 39.8 Å². The average molecular weight is 452 g/mol. The van der Waals surface area contributed by atoms with Gasteiger partial charge in [0.1, 0.15) is 11.5 Å². The Morgan fingerprint density at radius 2 is 2.00 bits per heavy atom. The van der Waals surface area contributed by atoms with E-state index in [1.165, 1.54) is 15.9 Å². The van der Waals surface area contributed by atoms with Crippen LogP contribution in [-0.2, 0) is 0 Å². The molecule has 1 amide bonds. The summed E-state index contributed by atoms with van der Waals surface area (Å²) < 4.78 is 44.6. The highest BCUT2D eigenvalue weighted by Crippen LogP contribution is 2.44. The number of nitrogens with one attached hydrogen (secondary N) is 1. The Balaban J connectivity index is 1.45. The third kappa shape index (κ3) is 3.00. The van der Waals surface area contributed by atoms with Crippen LogP contribution in [0.3, 0.4) is 0 Å². The number of anilines is 2. The molecule has 0 radical (unpaired) electrons. The monoisotopic (exact) mass is 452 g/mol. The molecule has 1 saturated heterocycles. The molecule has 1 aromatic carbocycles. The second-order valence-corrected chi connectivity index (χ2v) is 8.50. The van der Waals surface area contributed by atoms with Crippen LogP contribution in [0.25, 0.3) is 5.65 Å². The van der Waals surface area contributed by atoms with Gasteiger partial charge in [-0.25, -0.2) is 18.2 Å². The lowest BCUT2D eigenvalue weighted by Crippen LogP contribution is -2.30. The van der Waals surface area contributed by atoms with Gasteiger partial charge in [-0.05, 0) is 25.1 Å². The molecule has 2 aliphatic heterocycles. The zero-order valence-electron chi connectivity index (χ0n) is 17.6. The van der Waals surface area contributed by atoms with Crippen molar-refractivity contribution in [3.8, 4) is 0 Å². The molecule has 0 spiro atoms. The summed E-state index contributed by atoms with van der Waals surface area (Å²) in [5.74, 6) is -3.70. The molecule has 1 atom stereocenters. The molecule has 33 heavy (non-hydrogen) atoms. The minimum absolute atomic E-state index is 0.162. The number of aromatic nitrogens is 4. The molecule has 4 aromatic rings. The van der Waals surface area contributed by atoms with E-state index in [4.69, 9.17) is 0 Å². The van der Waals surface area contributed by atoms with Crippen LogP contribution in [-0.4, -0.2) is 44.5 Å². The van der Waals surface area contributed by atoms with Gasteiger partial charge >= 0.3 is 0 Å². The smallest absolute Gasteiger partial charge is 0.280 e. The number of amides is 1. The molecule has 10 heteroatoms. The summed E-state index contributed by atoms with van der Waals surface area (Å²) in [6, 6.07) is 7.25. The molecule has 0 aliphatic carbocycles. The van der Waals surface area contributed by atoms with Crippen molar-refractivity contribution in [3.63, 3.8) is 0 Å². The molecule has 0 saturated carbocycles. The molecule has 2 aliphatic rings. The van der Waals surface area contributed by atoms with E-state index in [0.29, 0.717) is 28.3 Å². The van der Waals surface area contributed by atoms with Gasteiger partial charge in [-0.1, -0.05) is 6.07 Å². The highest BCUT2D eigenvalue weighted by Gasteiger charge is 2.44. The third-order valence-electron chi connectivity index (χ3n) is 6.42. The van der Waals surface area contributed by atoms with Gasteiger partial charge in [-0.15, -0.1) is 0 Å². The Labute approximate surface area is 186 Å². The van der Waals surface area contributed by atoms with Crippen LogP contribution < -0.4 is 9.80 Å². The fourth-order valence-electron chi connectivity index (χ4n) is 4.80. The van der Waals surface area contributed by atoms with Gasteiger partial charge in [-0.2, -0.15) is 5.10 Å². The first kappa shape index (κ1) is 19.8. The molecule has 6 rings (SSSR count). The third-order valence-corrected chi connectivity index (χ3v) is 6.42. The summed E-state index contributed by atoms with van der Waals surface area (Å²) in [5.41, 5.74) is 3.37. The SMILES string of the molecule is Cc1[nH]nc2c1C(c1ccc(N3CCC(F)(F)C3)cc1F)N(c1ccn3ccnc3c1)C2=O. The molecule has 1 fully saturated rings. The summed E-state index contributed by atoms with van der Waals surface area (Å²) in [6.07, 6.45) is 4.97. The number of aryl methyl sites for hydroxylation is 1. The van der Waals surface area contributed by atoms with Crippen molar-refractivity contribution in [1.82, 2.24) is 19.6 Å². The molecule has 168 valence electrons. The van der Waals surface area contributed by atoms with Crippen LogP contribution in [0.4, 0.5) is 24.5 Å². The molecule has 1 N–H and O–H groups in total. The zero-order chi connectivity index (χ0) is 22.9. The number of H-pyrrole nitrogens is 1. The lowest BCUT2D eigenvalue weighted by atomic mass is 9.98. The first-order valence-electron chi connectivity index (χ1n) is 10.6. The number of nitrogens with zero attached hydrogens (tertiary/aromatic N) is 5. The minimum atomic E-state index is -2.78. The highest BCUT2D eigenvalue weighted by atomic mass is 19.3. The van der Waals surface area contributed by atoms with Crippen molar-refractivity contribution >= 4 is 22.9 Å². The van der Waals surface area contributed by atoms with Crippen molar-refractivity contribution in [2.75, 3.05) is 22.9 Å². The Morgan fingerprint density at radius 1 is 1.15 bits per heavy atom. The molecule has 5 heterocycles. The predicted molar refractivity (Wildman–Crippen MR) is 115 cm³/mol. The van der Waals surface area contributed by atoms with Crippen molar-refractivity contribution < 1.29 is 18.0 Å². The topological polar surface area (TPSA) is 69.5 Å². The predicted octanol–water partition coefficient (Wildman–Crippen LogP) is 4.10. The van der Waals surface area contributed by atoms with Crippen LogP contribution in [0.2, 0.25) is 0 Å². The van der Waals surface area contributed by atoms with Gasteiger partial charge in [0.15, 0.2) is 5.69 Å². The lowest BCUT2D eigenvalue weighted by Gasteiger charge is -2.27. The van der Waals surface area contributed by atoms with E-state index in [-0.39, 0.29) is 30.1 Å². The Kier molecular flexibility index (Phi) is 4.11. The number of alkyl halides is 2. The maximum atomic E-state index is 15.5. The van der Waals surface area contributed by atoms with E-state index >= 15 is 4.39 Å². The zero-order valence-corrected chi connectivity index (χ0v) is 17.6. The number of hydrogen-bond donors (Lipinski definition) is 1. The molecule has 3 aromatic heterocycles. The second kappa shape index (κ2) is 6.84. The summed E-state index contributed by atoms with van der Waals surface area (Å²) in [5, 5.41) is 6.98. The number of aromatic amines is 1. The van der Waals surface area contributed by atoms with Crippen LogP contribution in [0.15, 0.2) is 48.9 Å². The van der Waals surface area contributed by atoms with Gasteiger partial charge in [0.25, 0.3) is 11.8 Å². The maximum absolute atomic E-state index is 15.5. The molecule has 7 nitrogen and oxygen atoms in total. The summed E-state index contributed by atoms with van der Waals surface area (Å²) in [7, 11) is 0. The van der Waals surface area contributed by atoms with Crippen LogP contribution >= 0.6 is 0 Å². The summed E-state index contributed by atoms with van der Waals surface area (Å²) in [6.45, 7) is 1.51. The van der Waals surface area contributed by atoms with E-state index in [1.54, 1.807) is 49.8 Å². The molecule has 1 unspecified atom stereocenters. The Morgan fingerprint density at radius 3 is 2.76 bits per heavy atom. The van der Waals surface area contributed by atoms with Gasteiger partial charge < -0.3 is 9.30 Å². The largest absolute Gasteiger partial charge is 0.365 e. The van der Waals surface area contributed by atoms with Gasteiger partial charge in [0, 0.05) is 60.1 Å². The molecule has 0 bridgehead atoms. The number of pyridine rings is 1. The number of imidazole rings is 1. The number of rotatable bonds is 3. The Bertz CT molecular complexity index is 1410. The number of fused-ring (bicyclic) bond motifs is 2. The van der Waals surface area contributed by atoms with Gasteiger partial charge in [-0.3, -0.25) is 14.8 Å². The Hall–Kier alpha value is -3.82. The first-order valence-corrected chi connectivity index (χ1v) is 10.6. The number of carbonyl (C=O) groups is 1. The van der Waals surface area contributed by atoms with Crippen LogP contribution in [0, 0.1) is 12.7 Å². The van der Waals surface area contributed by atoms with Crippen molar-refractivity contribution in [3.05, 3.63) is 77.3 Å². The summed E-state index contributed by atoms with van der Waals surface area (Å²) in [4.78, 5) is 20.6. The maximum Gasteiger partial charge on any atom is 0.280 e. The van der Waals surface area contributed by atoms with Crippen molar-refractivity contribution in [2.45, 2.75) is 25.3 Å². The number of hydrogen-bond acceptors (Lipinski definition) is 4. The normalized spacial score (nSPS) is 19.6. The number of benzene rings is 1. The van der Waals surface area contributed by atoms with Gasteiger partial charge in [0.05, 0.1) is 18.3 Å².